The highest BCUT2D eigenvalue weighted by molar-refractivity contribution is 5.93. The second-order valence-corrected chi connectivity index (χ2v) is 5.25. The second-order valence-electron chi connectivity index (χ2n) is 5.25. The quantitative estimate of drug-likeness (QED) is 0.515. The van der Waals surface area contributed by atoms with Crippen molar-refractivity contribution in [1.82, 2.24) is 0 Å². The van der Waals surface area contributed by atoms with Gasteiger partial charge < -0.3 is 9.47 Å². The number of carbonyl (C=O) groups is 2. The van der Waals surface area contributed by atoms with Crippen molar-refractivity contribution in [3.8, 4) is 11.5 Å². The molecular formula is C20H12F2O4. The standard InChI is InChI=1S/C20H12F2O4/c21-15-7-3-5-13(11-15)19(23)25-17-9-1-2-10-18(17)26-20(24)14-6-4-8-16(22)12-14/h1-12H. The van der Waals surface area contributed by atoms with Crippen molar-refractivity contribution in [3.05, 3.63) is 95.6 Å². The molecule has 4 nitrogen and oxygen atoms in total. The van der Waals surface area contributed by atoms with E-state index in [-0.39, 0.29) is 22.6 Å². The van der Waals surface area contributed by atoms with E-state index in [0.717, 1.165) is 12.1 Å². The number of carbonyl (C=O) groups excluding carboxylic acids is 2. The summed E-state index contributed by atoms with van der Waals surface area (Å²) in [6.45, 7) is 0. The zero-order valence-corrected chi connectivity index (χ0v) is 13.3. The topological polar surface area (TPSA) is 52.6 Å². The summed E-state index contributed by atoms with van der Waals surface area (Å²) in [6.07, 6.45) is 0. The van der Waals surface area contributed by atoms with E-state index < -0.39 is 23.6 Å². The van der Waals surface area contributed by atoms with E-state index in [4.69, 9.17) is 9.47 Å². The van der Waals surface area contributed by atoms with Gasteiger partial charge in [-0.15, -0.1) is 0 Å². The number of benzene rings is 3. The molecule has 0 aromatic heterocycles. The minimum Gasteiger partial charge on any atom is -0.419 e. The monoisotopic (exact) mass is 354 g/mol. The van der Waals surface area contributed by atoms with E-state index in [1.165, 1.54) is 48.5 Å². The predicted molar refractivity (Wildman–Crippen MR) is 89.2 cm³/mol. The van der Waals surface area contributed by atoms with Crippen LogP contribution in [0, 0.1) is 11.6 Å². The molecule has 0 unspecified atom stereocenters. The van der Waals surface area contributed by atoms with Gasteiger partial charge in [0.15, 0.2) is 11.5 Å². The molecule has 0 heterocycles. The molecular weight excluding hydrogens is 342 g/mol. The largest absolute Gasteiger partial charge is 0.419 e. The van der Waals surface area contributed by atoms with Crippen LogP contribution < -0.4 is 9.47 Å². The van der Waals surface area contributed by atoms with E-state index >= 15 is 0 Å². The van der Waals surface area contributed by atoms with Gasteiger partial charge in [-0.25, -0.2) is 18.4 Å². The van der Waals surface area contributed by atoms with Crippen LogP contribution in [0.25, 0.3) is 0 Å². The molecule has 3 aromatic carbocycles. The number of halogens is 2. The van der Waals surface area contributed by atoms with Crippen LogP contribution in [-0.4, -0.2) is 11.9 Å². The van der Waals surface area contributed by atoms with E-state index in [9.17, 15) is 18.4 Å². The highest BCUT2D eigenvalue weighted by atomic mass is 19.1. The zero-order valence-electron chi connectivity index (χ0n) is 13.3. The van der Waals surface area contributed by atoms with Crippen LogP contribution in [0.15, 0.2) is 72.8 Å². The van der Waals surface area contributed by atoms with Gasteiger partial charge in [0.2, 0.25) is 0 Å². The molecule has 0 atom stereocenters. The lowest BCUT2D eigenvalue weighted by atomic mass is 10.2. The molecule has 0 spiro atoms. The number of para-hydroxylation sites is 2. The molecule has 130 valence electrons. The van der Waals surface area contributed by atoms with Gasteiger partial charge in [0.25, 0.3) is 0 Å². The number of rotatable bonds is 4. The minimum atomic E-state index is -0.807. The fourth-order valence-corrected chi connectivity index (χ4v) is 2.17. The molecule has 0 bridgehead atoms. The zero-order chi connectivity index (χ0) is 18.5. The molecule has 0 aliphatic heterocycles. The molecule has 6 heteroatoms. The molecule has 3 aromatic rings. The highest BCUT2D eigenvalue weighted by Crippen LogP contribution is 2.28. The van der Waals surface area contributed by atoms with E-state index in [1.54, 1.807) is 12.1 Å². The first-order chi connectivity index (χ1) is 12.5. The van der Waals surface area contributed by atoms with Gasteiger partial charge in [-0.05, 0) is 48.5 Å². The van der Waals surface area contributed by atoms with Gasteiger partial charge >= 0.3 is 11.9 Å². The van der Waals surface area contributed by atoms with Crippen LogP contribution in [0.2, 0.25) is 0 Å². The first-order valence-electron chi connectivity index (χ1n) is 7.57. The van der Waals surface area contributed by atoms with Crippen molar-refractivity contribution in [2.45, 2.75) is 0 Å². The molecule has 0 aliphatic carbocycles. The molecule has 0 amide bonds. The van der Waals surface area contributed by atoms with Gasteiger partial charge in [0.1, 0.15) is 11.6 Å². The third kappa shape index (κ3) is 4.10. The maximum atomic E-state index is 13.2. The Balaban J connectivity index is 1.80. The summed E-state index contributed by atoms with van der Waals surface area (Å²) in [4.78, 5) is 24.3. The Kier molecular flexibility index (Phi) is 5.03. The molecule has 0 fully saturated rings. The summed E-state index contributed by atoms with van der Waals surface area (Å²) < 4.78 is 36.8. The van der Waals surface area contributed by atoms with E-state index in [0.29, 0.717) is 0 Å². The van der Waals surface area contributed by atoms with Gasteiger partial charge in [0, 0.05) is 0 Å². The third-order valence-corrected chi connectivity index (χ3v) is 3.38. The molecule has 3 rings (SSSR count). The summed E-state index contributed by atoms with van der Waals surface area (Å²) in [5.74, 6) is -2.81. The Hall–Kier alpha value is -3.54. The molecule has 26 heavy (non-hydrogen) atoms. The molecule has 0 saturated carbocycles. The molecule has 0 N–H and O–H groups in total. The maximum absolute atomic E-state index is 13.2. The van der Waals surface area contributed by atoms with Crippen molar-refractivity contribution >= 4 is 11.9 Å². The van der Waals surface area contributed by atoms with Crippen LogP contribution >= 0.6 is 0 Å². The molecule has 0 saturated heterocycles. The van der Waals surface area contributed by atoms with Crippen LogP contribution in [0.4, 0.5) is 8.78 Å². The number of esters is 2. The lowest BCUT2D eigenvalue weighted by molar-refractivity contribution is 0.0682. The summed E-state index contributed by atoms with van der Waals surface area (Å²) in [7, 11) is 0. The van der Waals surface area contributed by atoms with E-state index in [2.05, 4.69) is 0 Å². The fraction of sp³-hybridized carbons (Fsp3) is 0. The smallest absolute Gasteiger partial charge is 0.343 e. The van der Waals surface area contributed by atoms with Crippen LogP contribution in [0.3, 0.4) is 0 Å². The van der Waals surface area contributed by atoms with Crippen LogP contribution in [0.5, 0.6) is 11.5 Å². The van der Waals surface area contributed by atoms with Crippen molar-refractivity contribution in [2.75, 3.05) is 0 Å². The van der Waals surface area contributed by atoms with Crippen molar-refractivity contribution < 1.29 is 27.8 Å². The summed E-state index contributed by atoms with van der Waals surface area (Å²) in [5, 5.41) is 0. The molecule has 0 radical (unpaired) electrons. The summed E-state index contributed by atoms with van der Waals surface area (Å²) in [5.41, 5.74) is 0.0209. The van der Waals surface area contributed by atoms with Crippen molar-refractivity contribution in [2.24, 2.45) is 0 Å². The Morgan fingerprint density at radius 3 is 1.42 bits per heavy atom. The first kappa shape index (κ1) is 17.3. The third-order valence-electron chi connectivity index (χ3n) is 3.38. The SMILES string of the molecule is O=C(Oc1ccccc1OC(=O)c1cccc(F)c1)c1cccc(F)c1. The lowest BCUT2D eigenvalue weighted by Crippen LogP contribution is -2.12. The Bertz CT molecular complexity index is 891. The first-order valence-corrected chi connectivity index (χ1v) is 7.57. The highest BCUT2D eigenvalue weighted by Gasteiger charge is 2.16. The number of hydrogen-bond acceptors (Lipinski definition) is 4. The van der Waals surface area contributed by atoms with Gasteiger partial charge in [-0.2, -0.15) is 0 Å². The van der Waals surface area contributed by atoms with Gasteiger partial charge in [-0.3, -0.25) is 0 Å². The summed E-state index contributed by atoms with van der Waals surface area (Å²) >= 11 is 0. The predicted octanol–water partition coefficient (Wildman–Crippen LogP) is 4.40. The normalized spacial score (nSPS) is 10.2. The second kappa shape index (κ2) is 7.57. The van der Waals surface area contributed by atoms with Gasteiger partial charge in [0.05, 0.1) is 11.1 Å². The summed E-state index contributed by atoms with van der Waals surface area (Å²) in [6, 6.07) is 16.0. The Morgan fingerprint density at radius 1 is 0.615 bits per heavy atom. The molecule has 0 aliphatic rings. The Labute approximate surface area is 147 Å². The van der Waals surface area contributed by atoms with Crippen LogP contribution in [0.1, 0.15) is 20.7 Å². The van der Waals surface area contributed by atoms with Crippen LogP contribution in [-0.2, 0) is 0 Å². The number of ether oxygens (including phenoxy) is 2. The minimum absolute atomic E-state index is 0.0104. The van der Waals surface area contributed by atoms with Crippen molar-refractivity contribution in [1.29, 1.82) is 0 Å². The average Bonchev–Trinajstić information content (AvgIpc) is 2.63. The average molecular weight is 354 g/mol. The lowest BCUT2D eigenvalue weighted by Gasteiger charge is -2.10. The van der Waals surface area contributed by atoms with Gasteiger partial charge in [-0.1, -0.05) is 24.3 Å². The number of hydrogen-bond donors (Lipinski definition) is 0. The van der Waals surface area contributed by atoms with E-state index in [1.807, 2.05) is 0 Å². The fourth-order valence-electron chi connectivity index (χ4n) is 2.17. The maximum Gasteiger partial charge on any atom is 0.343 e. The Morgan fingerprint density at radius 2 is 1.04 bits per heavy atom. The van der Waals surface area contributed by atoms with Crippen molar-refractivity contribution in [3.63, 3.8) is 0 Å².